The lowest BCUT2D eigenvalue weighted by Crippen LogP contribution is -2.32. The van der Waals surface area contributed by atoms with Gasteiger partial charge in [0.15, 0.2) is 0 Å². The zero-order chi connectivity index (χ0) is 9.07. The summed E-state index contributed by atoms with van der Waals surface area (Å²) in [6.07, 6.45) is 1.00. The molecule has 2 atom stereocenters. The number of aliphatic hydroxyl groups is 1. The van der Waals surface area contributed by atoms with Crippen LogP contribution in [0.15, 0.2) is 0 Å². The van der Waals surface area contributed by atoms with E-state index in [4.69, 9.17) is 0 Å². The van der Waals surface area contributed by atoms with Crippen LogP contribution in [0.1, 0.15) is 34.1 Å². The van der Waals surface area contributed by atoms with E-state index in [-0.39, 0.29) is 11.3 Å². The van der Waals surface area contributed by atoms with E-state index < -0.39 is 6.10 Å². The molecular weight excluding hydrogens is 140 g/mol. The molecule has 66 valence electrons. The summed E-state index contributed by atoms with van der Waals surface area (Å²) in [5.74, 6) is -0.243. The summed E-state index contributed by atoms with van der Waals surface area (Å²) in [5, 5.41) is 9.42. The molecular formula is C9H18O2. The highest BCUT2D eigenvalue weighted by Gasteiger charge is 2.29. The predicted octanol–water partition coefficient (Wildman–Crippen LogP) is 1.62. The molecule has 0 spiro atoms. The molecule has 0 aromatic carbocycles. The van der Waals surface area contributed by atoms with Crippen LogP contribution in [-0.4, -0.2) is 17.5 Å². The minimum Gasteiger partial charge on any atom is -0.392 e. The van der Waals surface area contributed by atoms with E-state index in [0.29, 0.717) is 6.42 Å². The van der Waals surface area contributed by atoms with Gasteiger partial charge in [0.1, 0.15) is 6.29 Å². The molecule has 0 rings (SSSR count). The highest BCUT2D eigenvalue weighted by molar-refractivity contribution is 5.55. The summed E-state index contributed by atoms with van der Waals surface area (Å²) in [6, 6.07) is 0. The molecule has 0 fully saturated rings. The fraction of sp³-hybridized carbons (Fsp3) is 0.889. The van der Waals surface area contributed by atoms with Gasteiger partial charge in [-0.2, -0.15) is 0 Å². The van der Waals surface area contributed by atoms with Crippen LogP contribution < -0.4 is 0 Å². The number of carbonyl (C=O) groups excluding carboxylic acids is 1. The van der Waals surface area contributed by atoms with E-state index >= 15 is 0 Å². The Morgan fingerprint density at radius 1 is 1.45 bits per heavy atom. The number of hydrogen-bond acceptors (Lipinski definition) is 2. The average molecular weight is 158 g/mol. The summed E-state index contributed by atoms with van der Waals surface area (Å²) in [5.41, 5.74) is -0.128. The van der Waals surface area contributed by atoms with Crippen molar-refractivity contribution in [2.45, 2.75) is 40.2 Å². The van der Waals surface area contributed by atoms with Crippen LogP contribution in [0.25, 0.3) is 0 Å². The van der Waals surface area contributed by atoms with Gasteiger partial charge in [0, 0.05) is 5.92 Å². The SMILES string of the molecule is CCC(O)C(C=O)C(C)(C)C. The van der Waals surface area contributed by atoms with Gasteiger partial charge < -0.3 is 9.90 Å². The smallest absolute Gasteiger partial charge is 0.126 e. The summed E-state index contributed by atoms with van der Waals surface area (Å²) in [4.78, 5) is 10.6. The Kier molecular flexibility index (Phi) is 3.73. The van der Waals surface area contributed by atoms with Crippen LogP contribution in [0.4, 0.5) is 0 Å². The van der Waals surface area contributed by atoms with E-state index in [1.54, 1.807) is 0 Å². The van der Waals surface area contributed by atoms with Crippen molar-refractivity contribution >= 4 is 6.29 Å². The van der Waals surface area contributed by atoms with E-state index in [0.717, 1.165) is 6.29 Å². The van der Waals surface area contributed by atoms with Crippen molar-refractivity contribution in [1.29, 1.82) is 0 Å². The molecule has 2 nitrogen and oxygen atoms in total. The minimum absolute atomic E-state index is 0.128. The number of rotatable bonds is 3. The molecule has 11 heavy (non-hydrogen) atoms. The summed E-state index contributed by atoms with van der Waals surface area (Å²) in [7, 11) is 0. The molecule has 0 aromatic rings. The zero-order valence-electron chi connectivity index (χ0n) is 7.79. The molecule has 2 unspecified atom stereocenters. The second-order valence-corrected chi connectivity index (χ2v) is 4.00. The van der Waals surface area contributed by atoms with Crippen molar-refractivity contribution in [3.05, 3.63) is 0 Å². The fourth-order valence-corrected chi connectivity index (χ4v) is 1.13. The van der Waals surface area contributed by atoms with Crippen molar-refractivity contribution in [2.24, 2.45) is 11.3 Å². The van der Waals surface area contributed by atoms with Crippen LogP contribution in [0, 0.1) is 11.3 Å². The second kappa shape index (κ2) is 3.86. The highest BCUT2D eigenvalue weighted by Crippen LogP contribution is 2.27. The number of hydrogen-bond donors (Lipinski definition) is 1. The Morgan fingerprint density at radius 2 is 1.91 bits per heavy atom. The molecule has 1 N–H and O–H groups in total. The Balaban J connectivity index is 4.28. The first-order chi connectivity index (χ1) is 4.93. The quantitative estimate of drug-likeness (QED) is 0.634. The molecule has 0 aliphatic carbocycles. The lowest BCUT2D eigenvalue weighted by Gasteiger charge is -2.29. The molecule has 0 bridgehead atoms. The van der Waals surface area contributed by atoms with Gasteiger partial charge in [0.2, 0.25) is 0 Å². The van der Waals surface area contributed by atoms with Crippen LogP contribution in [0.5, 0.6) is 0 Å². The van der Waals surface area contributed by atoms with Gasteiger partial charge in [-0.3, -0.25) is 0 Å². The third-order valence-corrected chi connectivity index (χ3v) is 1.98. The predicted molar refractivity (Wildman–Crippen MR) is 45.3 cm³/mol. The molecule has 0 heterocycles. The summed E-state index contributed by atoms with van der Waals surface area (Å²) in [6.45, 7) is 7.77. The first kappa shape index (κ1) is 10.6. The number of carbonyl (C=O) groups is 1. The minimum atomic E-state index is -0.493. The van der Waals surface area contributed by atoms with Crippen LogP contribution in [0.2, 0.25) is 0 Å². The van der Waals surface area contributed by atoms with Gasteiger partial charge in [0.25, 0.3) is 0 Å². The average Bonchev–Trinajstić information content (AvgIpc) is 1.86. The van der Waals surface area contributed by atoms with Gasteiger partial charge in [-0.1, -0.05) is 27.7 Å². The van der Waals surface area contributed by atoms with E-state index in [9.17, 15) is 9.90 Å². The topological polar surface area (TPSA) is 37.3 Å². The molecule has 2 heteroatoms. The maximum atomic E-state index is 10.6. The lowest BCUT2D eigenvalue weighted by molar-refractivity contribution is -0.118. The third kappa shape index (κ3) is 3.02. The Hall–Kier alpha value is -0.370. The van der Waals surface area contributed by atoms with Crippen LogP contribution in [-0.2, 0) is 4.79 Å². The van der Waals surface area contributed by atoms with E-state index in [2.05, 4.69) is 0 Å². The molecule has 0 saturated carbocycles. The number of aliphatic hydroxyl groups excluding tert-OH is 1. The molecule has 0 amide bonds. The van der Waals surface area contributed by atoms with Crippen molar-refractivity contribution in [3.63, 3.8) is 0 Å². The van der Waals surface area contributed by atoms with Crippen LogP contribution in [0.3, 0.4) is 0 Å². The number of aldehydes is 1. The maximum Gasteiger partial charge on any atom is 0.126 e. The highest BCUT2D eigenvalue weighted by atomic mass is 16.3. The van der Waals surface area contributed by atoms with Crippen molar-refractivity contribution < 1.29 is 9.90 Å². The van der Waals surface area contributed by atoms with Crippen molar-refractivity contribution in [1.82, 2.24) is 0 Å². The van der Waals surface area contributed by atoms with Crippen molar-refractivity contribution in [3.8, 4) is 0 Å². The summed E-state index contributed by atoms with van der Waals surface area (Å²) >= 11 is 0. The Morgan fingerprint density at radius 3 is 2.00 bits per heavy atom. The van der Waals surface area contributed by atoms with Gasteiger partial charge in [-0.05, 0) is 11.8 Å². The normalized spacial score (nSPS) is 17.5. The maximum absolute atomic E-state index is 10.6. The van der Waals surface area contributed by atoms with Gasteiger partial charge in [-0.25, -0.2) is 0 Å². The Labute approximate surface area is 68.6 Å². The molecule has 0 radical (unpaired) electrons. The van der Waals surface area contributed by atoms with Gasteiger partial charge in [0.05, 0.1) is 6.10 Å². The first-order valence-electron chi connectivity index (χ1n) is 4.06. The third-order valence-electron chi connectivity index (χ3n) is 1.98. The Bertz CT molecular complexity index is 124. The molecule has 0 aliphatic rings. The standard InChI is InChI=1S/C9H18O2/c1-5-8(11)7(6-10)9(2,3)4/h6-8,11H,5H2,1-4H3. The molecule has 0 aromatic heterocycles. The monoisotopic (exact) mass is 158 g/mol. The van der Waals surface area contributed by atoms with E-state index in [1.165, 1.54) is 0 Å². The van der Waals surface area contributed by atoms with Gasteiger partial charge >= 0.3 is 0 Å². The van der Waals surface area contributed by atoms with Crippen molar-refractivity contribution in [2.75, 3.05) is 0 Å². The zero-order valence-corrected chi connectivity index (χ0v) is 7.79. The van der Waals surface area contributed by atoms with E-state index in [1.807, 2.05) is 27.7 Å². The first-order valence-corrected chi connectivity index (χ1v) is 4.06. The molecule has 0 saturated heterocycles. The fourth-order valence-electron chi connectivity index (χ4n) is 1.13. The van der Waals surface area contributed by atoms with Gasteiger partial charge in [-0.15, -0.1) is 0 Å². The molecule has 0 aliphatic heterocycles. The summed E-state index contributed by atoms with van der Waals surface area (Å²) < 4.78 is 0. The second-order valence-electron chi connectivity index (χ2n) is 4.00. The lowest BCUT2D eigenvalue weighted by atomic mass is 9.77. The largest absolute Gasteiger partial charge is 0.392 e. The van der Waals surface area contributed by atoms with Crippen LogP contribution >= 0.6 is 0 Å².